The van der Waals surface area contributed by atoms with E-state index < -0.39 is 17.6 Å². The zero-order valence-corrected chi connectivity index (χ0v) is 14.3. The van der Waals surface area contributed by atoms with Gasteiger partial charge in [0, 0.05) is 6.54 Å². The number of rotatable bonds is 8. The van der Waals surface area contributed by atoms with E-state index in [-0.39, 0.29) is 5.57 Å². The van der Waals surface area contributed by atoms with Gasteiger partial charge < -0.3 is 14.6 Å². The largest absolute Gasteiger partial charge is 0.502 e. The van der Waals surface area contributed by atoms with Crippen LogP contribution in [0.1, 0.15) is 38.2 Å². The summed E-state index contributed by atoms with van der Waals surface area (Å²) >= 11 is 0. The van der Waals surface area contributed by atoms with Crippen molar-refractivity contribution in [3.8, 4) is 11.5 Å². The molecular formula is C18H23NO5. The van der Waals surface area contributed by atoms with Gasteiger partial charge in [0.25, 0.3) is 11.8 Å². The molecule has 1 aliphatic heterocycles. The Kier molecular flexibility index (Phi) is 5.84. The standard InChI is InChI=1S/C18H23NO5/c1-4-5-6-7-10-19-17(21)15(16(20)18(19)22)12-8-9-13(23-2)14(11-12)24-3/h8-9,11,20H,4-7,10H2,1-3H3. The number of carbonyl (C=O) groups is 2. The van der Waals surface area contributed by atoms with Crippen molar-refractivity contribution in [2.45, 2.75) is 32.6 Å². The predicted octanol–water partition coefficient (Wildman–Crippen LogP) is 2.92. The van der Waals surface area contributed by atoms with Crippen molar-refractivity contribution in [1.29, 1.82) is 0 Å². The van der Waals surface area contributed by atoms with E-state index in [1.54, 1.807) is 18.2 Å². The molecule has 0 saturated carbocycles. The molecule has 0 fully saturated rings. The third kappa shape index (κ3) is 3.37. The Morgan fingerprint density at radius 1 is 1.00 bits per heavy atom. The summed E-state index contributed by atoms with van der Waals surface area (Å²) in [6, 6.07) is 4.84. The molecule has 0 spiro atoms. The van der Waals surface area contributed by atoms with E-state index in [4.69, 9.17) is 9.47 Å². The van der Waals surface area contributed by atoms with Crippen molar-refractivity contribution in [3.05, 3.63) is 29.5 Å². The van der Waals surface area contributed by atoms with E-state index in [0.29, 0.717) is 23.6 Å². The Balaban J connectivity index is 2.24. The maximum atomic E-state index is 12.6. The second-order valence-corrected chi connectivity index (χ2v) is 5.62. The zero-order chi connectivity index (χ0) is 17.7. The SMILES string of the molecule is CCCCCCN1C(=O)C(O)=C(c2ccc(OC)c(OC)c2)C1=O. The van der Waals surface area contributed by atoms with Crippen LogP contribution in [0.15, 0.2) is 24.0 Å². The van der Waals surface area contributed by atoms with Gasteiger partial charge in [0.1, 0.15) is 0 Å². The van der Waals surface area contributed by atoms with Gasteiger partial charge in [-0.3, -0.25) is 14.5 Å². The van der Waals surface area contributed by atoms with Crippen molar-refractivity contribution < 1.29 is 24.2 Å². The van der Waals surface area contributed by atoms with E-state index in [1.807, 2.05) is 0 Å². The Morgan fingerprint density at radius 3 is 2.33 bits per heavy atom. The molecule has 2 rings (SSSR count). The van der Waals surface area contributed by atoms with Crippen LogP contribution in [0, 0.1) is 0 Å². The molecule has 0 bridgehead atoms. The molecule has 0 aromatic heterocycles. The summed E-state index contributed by atoms with van der Waals surface area (Å²) in [7, 11) is 2.99. The molecule has 24 heavy (non-hydrogen) atoms. The lowest BCUT2D eigenvalue weighted by Gasteiger charge is -2.14. The highest BCUT2D eigenvalue weighted by Crippen LogP contribution is 2.34. The second kappa shape index (κ2) is 7.86. The van der Waals surface area contributed by atoms with Crippen LogP contribution in [0.4, 0.5) is 0 Å². The number of unbranched alkanes of at least 4 members (excludes halogenated alkanes) is 3. The third-order valence-corrected chi connectivity index (χ3v) is 4.05. The summed E-state index contributed by atoms with van der Waals surface area (Å²) in [5.74, 6) is -0.684. The van der Waals surface area contributed by atoms with E-state index in [0.717, 1.165) is 30.6 Å². The average Bonchev–Trinajstić information content (AvgIpc) is 2.81. The smallest absolute Gasteiger partial charge is 0.296 e. The Morgan fingerprint density at radius 2 is 1.71 bits per heavy atom. The minimum Gasteiger partial charge on any atom is -0.502 e. The zero-order valence-electron chi connectivity index (χ0n) is 14.3. The fourth-order valence-corrected chi connectivity index (χ4v) is 2.71. The van der Waals surface area contributed by atoms with Crippen LogP contribution in [0.25, 0.3) is 5.57 Å². The quantitative estimate of drug-likeness (QED) is 0.585. The molecule has 0 saturated heterocycles. The third-order valence-electron chi connectivity index (χ3n) is 4.05. The Hall–Kier alpha value is -2.50. The number of aliphatic hydroxyl groups is 1. The summed E-state index contributed by atoms with van der Waals surface area (Å²) in [4.78, 5) is 25.8. The van der Waals surface area contributed by atoms with E-state index in [1.165, 1.54) is 14.2 Å². The molecule has 1 aromatic carbocycles. The van der Waals surface area contributed by atoms with Gasteiger partial charge >= 0.3 is 0 Å². The molecule has 130 valence electrons. The lowest BCUT2D eigenvalue weighted by Crippen LogP contribution is -2.32. The van der Waals surface area contributed by atoms with Gasteiger partial charge in [-0.2, -0.15) is 0 Å². The fraction of sp³-hybridized carbons (Fsp3) is 0.444. The molecule has 0 unspecified atom stereocenters. The Labute approximate surface area is 141 Å². The van der Waals surface area contributed by atoms with Gasteiger partial charge in [-0.05, 0) is 24.1 Å². The van der Waals surface area contributed by atoms with E-state index >= 15 is 0 Å². The summed E-state index contributed by atoms with van der Waals surface area (Å²) in [5, 5.41) is 10.1. The topological polar surface area (TPSA) is 76.1 Å². The fourth-order valence-electron chi connectivity index (χ4n) is 2.71. The monoisotopic (exact) mass is 333 g/mol. The summed E-state index contributed by atoms with van der Waals surface area (Å²) in [6.45, 7) is 2.41. The first kappa shape index (κ1) is 17.8. The first-order valence-electron chi connectivity index (χ1n) is 8.07. The molecule has 6 heteroatoms. The predicted molar refractivity (Wildman–Crippen MR) is 90.0 cm³/mol. The number of aliphatic hydroxyl groups excluding tert-OH is 1. The number of amides is 2. The highest BCUT2D eigenvalue weighted by Gasteiger charge is 2.39. The number of nitrogens with zero attached hydrogens (tertiary/aromatic N) is 1. The summed E-state index contributed by atoms with van der Waals surface area (Å²) < 4.78 is 10.4. The molecule has 0 atom stereocenters. The average molecular weight is 333 g/mol. The molecule has 2 amide bonds. The van der Waals surface area contributed by atoms with Crippen LogP contribution in [0.5, 0.6) is 11.5 Å². The number of hydrogen-bond donors (Lipinski definition) is 1. The number of ether oxygens (including phenoxy) is 2. The van der Waals surface area contributed by atoms with Crippen molar-refractivity contribution >= 4 is 17.4 Å². The van der Waals surface area contributed by atoms with Gasteiger partial charge in [0.05, 0.1) is 19.8 Å². The molecule has 1 aromatic rings. The van der Waals surface area contributed by atoms with Gasteiger partial charge in [-0.1, -0.05) is 32.3 Å². The van der Waals surface area contributed by atoms with Crippen LogP contribution >= 0.6 is 0 Å². The highest BCUT2D eigenvalue weighted by molar-refractivity contribution is 6.34. The first-order chi connectivity index (χ1) is 11.5. The second-order valence-electron chi connectivity index (χ2n) is 5.62. The number of hydrogen-bond acceptors (Lipinski definition) is 5. The number of carbonyl (C=O) groups excluding carboxylic acids is 2. The van der Waals surface area contributed by atoms with Gasteiger partial charge in [-0.25, -0.2) is 0 Å². The van der Waals surface area contributed by atoms with Crippen molar-refractivity contribution in [1.82, 2.24) is 4.90 Å². The number of imide groups is 1. The van der Waals surface area contributed by atoms with Crippen molar-refractivity contribution in [2.75, 3.05) is 20.8 Å². The van der Waals surface area contributed by atoms with E-state index in [9.17, 15) is 14.7 Å². The van der Waals surface area contributed by atoms with Crippen LogP contribution < -0.4 is 9.47 Å². The number of benzene rings is 1. The maximum absolute atomic E-state index is 12.6. The summed E-state index contributed by atoms with van der Waals surface area (Å²) in [5.41, 5.74) is 0.441. The minimum atomic E-state index is -0.638. The van der Waals surface area contributed by atoms with E-state index in [2.05, 4.69) is 6.92 Å². The van der Waals surface area contributed by atoms with Crippen LogP contribution in [-0.4, -0.2) is 42.6 Å². The molecule has 1 heterocycles. The van der Waals surface area contributed by atoms with Gasteiger partial charge in [-0.15, -0.1) is 0 Å². The lowest BCUT2D eigenvalue weighted by molar-refractivity contribution is -0.138. The lowest BCUT2D eigenvalue weighted by atomic mass is 10.0. The highest BCUT2D eigenvalue weighted by atomic mass is 16.5. The van der Waals surface area contributed by atoms with Crippen molar-refractivity contribution in [2.24, 2.45) is 0 Å². The maximum Gasteiger partial charge on any atom is 0.296 e. The first-order valence-corrected chi connectivity index (χ1v) is 8.07. The van der Waals surface area contributed by atoms with Crippen LogP contribution in [0.3, 0.4) is 0 Å². The minimum absolute atomic E-state index is 0.0106. The van der Waals surface area contributed by atoms with Crippen LogP contribution in [0.2, 0.25) is 0 Å². The summed E-state index contributed by atoms with van der Waals surface area (Å²) in [6.07, 6.45) is 3.80. The van der Waals surface area contributed by atoms with Gasteiger partial charge in [0.15, 0.2) is 17.3 Å². The molecular weight excluding hydrogens is 310 g/mol. The normalized spacial score (nSPS) is 14.5. The molecule has 6 nitrogen and oxygen atoms in total. The molecule has 0 aliphatic carbocycles. The molecule has 0 radical (unpaired) electrons. The number of methoxy groups -OCH3 is 2. The molecule has 1 N–H and O–H groups in total. The van der Waals surface area contributed by atoms with Crippen molar-refractivity contribution in [3.63, 3.8) is 0 Å². The van der Waals surface area contributed by atoms with Gasteiger partial charge in [0.2, 0.25) is 0 Å². The molecule has 1 aliphatic rings. The Bertz CT molecular complexity index is 665. The van der Waals surface area contributed by atoms with Crippen LogP contribution in [-0.2, 0) is 9.59 Å².